The molecule has 0 amide bonds. The maximum absolute atomic E-state index is 12.5. The number of sulfonamides is 1. The number of nitrogens with zero attached hydrogens (tertiary/aromatic N) is 3. The Kier molecular flexibility index (Phi) is 5.92. The van der Waals surface area contributed by atoms with Crippen LogP contribution in [-0.2, 0) is 10.0 Å². The Morgan fingerprint density at radius 1 is 1.07 bits per heavy atom. The minimum Gasteiger partial charge on any atom is -0.506 e. The van der Waals surface area contributed by atoms with E-state index >= 15 is 0 Å². The summed E-state index contributed by atoms with van der Waals surface area (Å²) in [5.74, 6) is 0.439. The summed E-state index contributed by atoms with van der Waals surface area (Å²) in [6.07, 6.45) is 2.81. The summed E-state index contributed by atoms with van der Waals surface area (Å²) in [4.78, 5) is 0.268. The minimum absolute atomic E-state index is 0.0686. The molecule has 2 aromatic carbocycles. The summed E-state index contributed by atoms with van der Waals surface area (Å²) in [5.41, 5.74) is 2.03. The van der Waals surface area contributed by atoms with Crippen molar-refractivity contribution in [1.82, 2.24) is 4.31 Å². The molecule has 0 aliphatic carbocycles. The van der Waals surface area contributed by atoms with Crippen LogP contribution in [0.5, 0.6) is 5.75 Å². The van der Waals surface area contributed by atoms with Gasteiger partial charge in [-0.3, -0.25) is 0 Å². The van der Waals surface area contributed by atoms with Gasteiger partial charge < -0.3 is 5.11 Å². The largest absolute Gasteiger partial charge is 0.506 e. The first-order chi connectivity index (χ1) is 12.9. The molecule has 27 heavy (non-hydrogen) atoms. The van der Waals surface area contributed by atoms with Crippen molar-refractivity contribution in [2.24, 2.45) is 10.2 Å². The van der Waals surface area contributed by atoms with Crippen LogP contribution in [-0.4, -0.2) is 30.9 Å². The topological polar surface area (TPSA) is 82.3 Å². The van der Waals surface area contributed by atoms with E-state index in [9.17, 15) is 13.5 Å². The highest BCUT2D eigenvalue weighted by Gasteiger charge is 2.26. The summed E-state index contributed by atoms with van der Waals surface area (Å²) < 4.78 is 26.6. The van der Waals surface area contributed by atoms with Crippen molar-refractivity contribution in [3.63, 3.8) is 0 Å². The van der Waals surface area contributed by atoms with Gasteiger partial charge in [0.05, 0.1) is 10.6 Å². The molecule has 1 saturated heterocycles. The number of phenols is 1. The highest BCUT2D eigenvalue weighted by atomic mass is 32.2. The molecule has 1 aliphatic heterocycles. The normalized spacial score (nSPS) is 16.8. The first-order valence-electron chi connectivity index (χ1n) is 9.26. The molecule has 0 bridgehead atoms. The molecule has 0 aromatic heterocycles. The van der Waals surface area contributed by atoms with Crippen molar-refractivity contribution >= 4 is 21.4 Å². The van der Waals surface area contributed by atoms with E-state index in [4.69, 9.17) is 0 Å². The lowest BCUT2D eigenvalue weighted by atomic mass is 9.98. The maximum atomic E-state index is 12.5. The molecule has 1 atom stereocenters. The first-order valence-corrected chi connectivity index (χ1v) is 10.7. The molecule has 1 unspecified atom stereocenters. The second kappa shape index (κ2) is 8.19. The third kappa shape index (κ3) is 4.36. The molecule has 0 saturated carbocycles. The Bertz CT molecular complexity index is 918. The molecule has 3 rings (SSSR count). The van der Waals surface area contributed by atoms with Gasteiger partial charge in [-0.25, -0.2) is 8.42 Å². The van der Waals surface area contributed by atoms with Gasteiger partial charge in [0.25, 0.3) is 0 Å². The Morgan fingerprint density at radius 2 is 1.74 bits per heavy atom. The van der Waals surface area contributed by atoms with Gasteiger partial charge in [-0.1, -0.05) is 19.9 Å². The fourth-order valence-electron chi connectivity index (χ4n) is 3.04. The standard InChI is InChI=1S/C20H25N3O3S/c1-3-15(2)16-6-11-20(24)19(14-16)22-21-17-7-9-18(10-8-17)27(25,26)23-12-4-5-13-23/h6-11,14-15,24H,3-5,12-13H2,1-2H3. The first kappa shape index (κ1) is 19.5. The monoisotopic (exact) mass is 387 g/mol. The van der Waals surface area contributed by atoms with Crippen molar-refractivity contribution in [2.45, 2.75) is 43.9 Å². The van der Waals surface area contributed by atoms with Crippen LogP contribution in [0.3, 0.4) is 0 Å². The predicted octanol–water partition coefficient (Wildman–Crippen LogP) is 5.11. The number of benzene rings is 2. The van der Waals surface area contributed by atoms with Crippen LogP contribution in [0.2, 0.25) is 0 Å². The van der Waals surface area contributed by atoms with Crippen LogP contribution >= 0.6 is 0 Å². The molecule has 1 aliphatic rings. The number of rotatable bonds is 6. The van der Waals surface area contributed by atoms with Gasteiger partial charge in [0.2, 0.25) is 10.0 Å². The molecule has 1 heterocycles. The van der Waals surface area contributed by atoms with Crippen molar-refractivity contribution in [3.8, 4) is 5.75 Å². The highest BCUT2D eigenvalue weighted by Crippen LogP contribution is 2.32. The zero-order valence-electron chi connectivity index (χ0n) is 15.7. The average Bonchev–Trinajstić information content (AvgIpc) is 3.23. The zero-order chi connectivity index (χ0) is 19.4. The second-order valence-electron chi connectivity index (χ2n) is 6.86. The molecular formula is C20H25N3O3S. The Labute approximate surface area is 160 Å². The summed E-state index contributed by atoms with van der Waals surface area (Å²) in [7, 11) is -3.43. The molecule has 2 aromatic rings. The molecule has 144 valence electrons. The Morgan fingerprint density at radius 3 is 2.37 bits per heavy atom. The summed E-state index contributed by atoms with van der Waals surface area (Å²) in [6.45, 7) is 5.38. The van der Waals surface area contributed by atoms with E-state index in [2.05, 4.69) is 24.1 Å². The number of phenolic OH excluding ortho intramolecular Hbond substituents is 1. The predicted molar refractivity (Wildman–Crippen MR) is 105 cm³/mol. The van der Waals surface area contributed by atoms with Crippen molar-refractivity contribution in [3.05, 3.63) is 48.0 Å². The van der Waals surface area contributed by atoms with Gasteiger partial charge in [-0.05, 0) is 67.1 Å². The minimum atomic E-state index is -3.43. The van der Waals surface area contributed by atoms with E-state index in [1.165, 1.54) is 4.31 Å². The van der Waals surface area contributed by atoms with Crippen LogP contribution in [0.1, 0.15) is 44.6 Å². The fraction of sp³-hybridized carbons (Fsp3) is 0.400. The van der Waals surface area contributed by atoms with Crippen LogP contribution in [0.4, 0.5) is 11.4 Å². The Hall–Kier alpha value is -2.25. The fourth-order valence-corrected chi connectivity index (χ4v) is 4.55. The van der Waals surface area contributed by atoms with Crippen molar-refractivity contribution < 1.29 is 13.5 Å². The number of aromatic hydroxyl groups is 1. The van der Waals surface area contributed by atoms with Gasteiger partial charge in [-0.2, -0.15) is 9.42 Å². The quantitative estimate of drug-likeness (QED) is 0.700. The molecule has 0 spiro atoms. The highest BCUT2D eigenvalue weighted by molar-refractivity contribution is 7.89. The molecule has 0 radical (unpaired) electrons. The van der Waals surface area contributed by atoms with Crippen molar-refractivity contribution in [1.29, 1.82) is 0 Å². The molecule has 1 N–H and O–H groups in total. The third-order valence-corrected chi connectivity index (χ3v) is 6.91. The summed E-state index contributed by atoms with van der Waals surface area (Å²) >= 11 is 0. The Balaban J connectivity index is 1.79. The molecule has 7 heteroatoms. The van der Waals surface area contributed by atoms with E-state index < -0.39 is 10.0 Å². The number of azo groups is 1. The van der Waals surface area contributed by atoms with Crippen LogP contribution in [0.25, 0.3) is 0 Å². The van der Waals surface area contributed by atoms with Crippen LogP contribution in [0, 0.1) is 0 Å². The maximum Gasteiger partial charge on any atom is 0.243 e. The van der Waals surface area contributed by atoms with Gasteiger partial charge in [0.1, 0.15) is 11.4 Å². The molecule has 1 fully saturated rings. The lowest BCUT2D eigenvalue weighted by Crippen LogP contribution is -2.27. The van der Waals surface area contributed by atoms with Gasteiger partial charge in [-0.15, -0.1) is 5.11 Å². The van der Waals surface area contributed by atoms with E-state index in [0.29, 0.717) is 30.4 Å². The van der Waals surface area contributed by atoms with E-state index in [1.807, 2.05) is 12.1 Å². The summed E-state index contributed by atoms with van der Waals surface area (Å²) in [5, 5.41) is 18.3. The van der Waals surface area contributed by atoms with Crippen LogP contribution < -0.4 is 0 Å². The van der Waals surface area contributed by atoms with Gasteiger partial charge in [0, 0.05) is 13.1 Å². The molecule has 6 nitrogen and oxygen atoms in total. The second-order valence-corrected chi connectivity index (χ2v) is 8.80. The van der Waals surface area contributed by atoms with Crippen molar-refractivity contribution in [2.75, 3.05) is 13.1 Å². The lowest BCUT2D eigenvalue weighted by molar-refractivity contribution is 0.475. The van der Waals surface area contributed by atoms with Crippen LogP contribution in [0.15, 0.2) is 57.6 Å². The smallest absolute Gasteiger partial charge is 0.243 e. The SMILES string of the molecule is CCC(C)c1ccc(O)c(N=Nc2ccc(S(=O)(=O)N3CCCC3)cc2)c1. The van der Waals surface area contributed by atoms with E-state index in [1.54, 1.807) is 30.3 Å². The third-order valence-electron chi connectivity index (χ3n) is 4.99. The van der Waals surface area contributed by atoms with Gasteiger partial charge >= 0.3 is 0 Å². The lowest BCUT2D eigenvalue weighted by Gasteiger charge is -2.15. The summed E-state index contributed by atoms with van der Waals surface area (Å²) in [6, 6.07) is 11.7. The van der Waals surface area contributed by atoms with E-state index in [-0.39, 0.29) is 10.6 Å². The molecular weight excluding hydrogens is 362 g/mol. The van der Waals surface area contributed by atoms with E-state index in [0.717, 1.165) is 24.8 Å². The number of hydrogen-bond acceptors (Lipinski definition) is 5. The number of hydrogen-bond donors (Lipinski definition) is 1. The zero-order valence-corrected chi connectivity index (χ0v) is 16.5. The average molecular weight is 388 g/mol. The van der Waals surface area contributed by atoms with Gasteiger partial charge in [0.15, 0.2) is 0 Å².